The number of rotatable bonds is 3. The normalized spacial score (nSPS) is 21.2. The van der Waals surface area contributed by atoms with Gasteiger partial charge in [0.15, 0.2) is 5.96 Å². The molecule has 0 aliphatic carbocycles. The Morgan fingerprint density at radius 1 is 1.27 bits per heavy atom. The topological polar surface area (TPSA) is 36.9 Å². The van der Waals surface area contributed by atoms with E-state index in [9.17, 15) is 0 Å². The van der Waals surface area contributed by atoms with Crippen LogP contribution in [0, 0.1) is 5.92 Å². The zero-order valence-electron chi connectivity index (χ0n) is 15.8. The average molecular weight is 492 g/mol. The number of nitrogens with zero attached hydrogens (tertiary/aromatic N) is 2. The lowest BCUT2D eigenvalue weighted by Crippen LogP contribution is -2.51. The minimum atomic E-state index is 0. The maximum absolute atomic E-state index is 6.55. The Labute approximate surface area is 179 Å². The number of hydrogen-bond acceptors (Lipinski definition) is 2. The molecule has 0 atom stereocenters. The molecule has 6 heteroatoms. The third-order valence-electron chi connectivity index (χ3n) is 5.77. The Morgan fingerprint density at radius 2 is 1.92 bits per heavy atom. The van der Waals surface area contributed by atoms with Crippen molar-refractivity contribution in [2.45, 2.75) is 38.0 Å². The first kappa shape index (κ1) is 21.8. The van der Waals surface area contributed by atoms with Gasteiger partial charge in [-0.25, -0.2) is 0 Å². The van der Waals surface area contributed by atoms with Crippen molar-refractivity contribution in [2.24, 2.45) is 10.9 Å². The van der Waals surface area contributed by atoms with Gasteiger partial charge in [-0.1, -0.05) is 36.7 Å². The monoisotopic (exact) mass is 491 g/mol. The van der Waals surface area contributed by atoms with Crippen molar-refractivity contribution >= 4 is 41.5 Å². The van der Waals surface area contributed by atoms with Gasteiger partial charge >= 0.3 is 0 Å². The minimum Gasteiger partial charge on any atom is -0.381 e. The highest BCUT2D eigenvalue weighted by Gasteiger charge is 2.36. The Bertz CT molecular complexity index is 596. The lowest BCUT2D eigenvalue weighted by atomic mass is 9.74. The zero-order valence-corrected chi connectivity index (χ0v) is 18.9. The molecule has 4 nitrogen and oxygen atoms in total. The highest BCUT2D eigenvalue weighted by atomic mass is 127. The van der Waals surface area contributed by atoms with Gasteiger partial charge < -0.3 is 15.0 Å². The second kappa shape index (κ2) is 10.1. The first-order chi connectivity index (χ1) is 12.1. The molecule has 3 rings (SSSR count). The molecule has 0 bridgehead atoms. The number of ether oxygens (including phenoxy) is 1. The Hall–Kier alpha value is -0.530. The molecule has 1 N–H and O–H groups in total. The molecule has 1 aromatic carbocycles. The van der Waals surface area contributed by atoms with Crippen LogP contribution in [0.3, 0.4) is 0 Å². The highest BCUT2D eigenvalue weighted by molar-refractivity contribution is 14.0. The molecule has 0 saturated carbocycles. The largest absolute Gasteiger partial charge is 0.381 e. The third-order valence-corrected chi connectivity index (χ3v) is 6.10. The van der Waals surface area contributed by atoms with Crippen LogP contribution >= 0.6 is 35.6 Å². The van der Waals surface area contributed by atoms with Crippen molar-refractivity contribution in [3.05, 3.63) is 34.9 Å². The summed E-state index contributed by atoms with van der Waals surface area (Å²) < 4.78 is 5.64. The van der Waals surface area contributed by atoms with E-state index in [4.69, 9.17) is 16.3 Å². The number of halogens is 2. The van der Waals surface area contributed by atoms with E-state index in [0.29, 0.717) is 0 Å². The summed E-state index contributed by atoms with van der Waals surface area (Å²) >= 11 is 6.55. The predicted molar refractivity (Wildman–Crippen MR) is 120 cm³/mol. The molecule has 0 amide bonds. The molecule has 0 radical (unpaired) electrons. The van der Waals surface area contributed by atoms with Crippen molar-refractivity contribution in [1.82, 2.24) is 10.2 Å². The van der Waals surface area contributed by atoms with Gasteiger partial charge in [-0.2, -0.15) is 0 Å². The molecule has 2 fully saturated rings. The van der Waals surface area contributed by atoms with Crippen LogP contribution in [0.2, 0.25) is 5.02 Å². The van der Waals surface area contributed by atoms with Gasteiger partial charge in [0.25, 0.3) is 0 Å². The Morgan fingerprint density at radius 3 is 2.54 bits per heavy atom. The second-order valence-corrected chi connectivity index (χ2v) is 7.85. The SMILES string of the molecule is CN=C(NCC1(c2ccccc2Cl)CCOCC1)N1CCC(C)CC1.I. The zero-order chi connectivity index (χ0) is 17.7. The lowest BCUT2D eigenvalue weighted by molar-refractivity contribution is 0.0511. The summed E-state index contributed by atoms with van der Waals surface area (Å²) in [5.41, 5.74) is 1.24. The summed E-state index contributed by atoms with van der Waals surface area (Å²) in [6.45, 7) is 6.92. The van der Waals surface area contributed by atoms with Crippen LogP contribution < -0.4 is 5.32 Å². The summed E-state index contributed by atoms with van der Waals surface area (Å²) in [6, 6.07) is 8.25. The Kier molecular flexibility index (Phi) is 8.48. The Balaban J connectivity index is 0.00000243. The molecule has 2 aliphatic heterocycles. The molecule has 1 aromatic rings. The van der Waals surface area contributed by atoms with Gasteiger partial charge in [-0.05, 0) is 43.2 Å². The molecule has 2 saturated heterocycles. The first-order valence-electron chi connectivity index (χ1n) is 9.43. The number of guanidine groups is 1. The molecule has 26 heavy (non-hydrogen) atoms. The van der Waals surface area contributed by atoms with Crippen LogP contribution in [0.15, 0.2) is 29.3 Å². The number of piperidine rings is 1. The summed E-state index contributed by atoms with van der Waals surface area (Å²) in [7, 11) is 1.88. The number of hydrogen-bond donors (Lipinski definition) is 1. The molecular formula is C20H31ClIN3O. The van der Waals surface area contributed by atoms with E-state index in [0.717, 1.165) is 62.6 Å². The molecule has 2 heterocycles. The van der Waals surface area contributed by atoms with Gasteiger partial charge in [0.1, 0.15) is 0 Å². The van der Waals surface area contributed by atoms with Crippen molar-refractivity contribution < 1.29 is 4.74 Å². The average Bonchev–Trinajstić information content (AvgIpc) is 2.65. The van der Waals surface area contributed by atoms with Gasteiger partial charge in [0.05, 0.1) is 0 Å². The number of benzene rings is 1. The summed E-state index contributed by atoms with van der Waals surface area (Å²) in [4.78, 5) is 6.92. The number of likely N-dealkylation sites (tertiary alicyclic amines) is 1. The fourth-order valence-corrected chi connectivity index (χ4v) is 4.33. The quantitative estimate of drug-likeness (QED) is 0.389. The van der Waals surface area contributed by atoms with E-state index in [1.807, 2.05) is 19.2 Å². The van der Waals surface area contributed by atoms with Crippen LogP contribution in [0.5, 0.6) is 0 Å². The van der Waals surface area contributed by atoms with Crippen molar-refractivity contribution in [2.75, 3.05) is 39.9 Å². The fraction of sp³-hybridized carbons (Fsp3) is 0.650. The van der Waals surface area contributed by atoms with Gasteiger partial charge in [-0.15, -0.1) is 24.0 Å². The third kappa shape index (κ3) is 5.04. The standard InChI is InChI=1S/C20H30ClN3O.HI/c1-16-7-11-24(12-8-16)19(22-2)23-15-20(9-13-25-14-10-20)17-5-3-4-6-18(17)21;/h3-6,16H,7-15H2,1-2H3,(H,22,23);1H. The van der Waals surface area contributed by atoms with Crippen LogP contribution in [0.25, 0.3) is 0 Å². The van der Waals surface area contributed by atoms with Crippen LogP contribution in [0.4, 0.5) is 0 Å². The van der Waals surface area contributed by atoms with Crippen molar-refractivity contribution in [1.29, 1.82) is 0 Å². The van der Waals surface area contributed by atoms with Crippen LogP contribution in [0.1, 0.15) is 38.2 Å². The second-order valence-electron chi connectivity index (χ2n) is 7.44. The maximum atomic E-state index is 6.55. The summed E-state index contributed by atoms with van der Waals surface area (Å²) in [5, 5.41) is 4.51. The van der Waals surface area contributed by atoms with Gasteiger partial charge in [0, 0.05) is 50.3 Å². The predicted octanol–water partition coefficient (Wildman–Crippen LogP) is 4.31. The smallest absolute Gasteiger partial charge is 0.193 e. The number of aliphatic imine (C=N–C) groups is 1. The molecule has 0 unspecified atom stereocenters. The highest BCUT2D eigenvalue weighted by Crippen LogP contribution is 2.38. The van der Waals surface area contributed by atoms with E-state index in [1.54, 1.807) is 0 Å². The summed E-state index contributed by atoms with van der Waals surface area (Å²) in [5.74, 6) is 1.84. The van der Waals surface area contributed by atoms with Gasteiger partial charge in [-0.3, -0.25) is 4.99 Å². The van der Waals surface area contributed by atoms with E-state index in [-0.39, 0.29) is 29.4 Å². The minimum absolute atomic E-state index is 0. The van der Waals surface area contributed by atoms with Crippen LogP contribution in [-0.2, 0) is 10.2 Å². The lowest BCUT2D eigenvalue weighted by Gasteiger charge is -2.40. The molecule has 2 aliphatic rings. The van der Waals surface area contributed by atoms with Crippen LogP contribution in [-0.4, -0.2) is 50.8 Å². The maximum Gasteiger partial charge on any atom is 0.193 e. The number of nitrogens with one attached hydrogen (secondary N) is 1. The molecular weight excluding hydrogens is 461 g/mol. The molecule has 0 spiro atoms. The van der Waals surface area contributed by atoms with E-state index >= 15 is 0 Å². The molecule has 146 valence electrons. The van der Waals surface area contributed by atoms with Crippen molar-refractivity contribution in [3.8, 4) is 0 Å². The van der Waals surface area contributed by atoms with E-state index in [1.165, 1.54) is 18.4 Å². The van der Waals surface area contributed by atoms with E-state index in [2.05, 4.69) is 34.3 Å². The van der Waals surface area contributed by atoms with Gasteiger partial charge in [0.2, 0.25) is 0 Å². The first-order valence-corrected chi connectivity index (χ1v) is 9.81. The fourth-order valence-electron chi connectivity index (χ4n) is 4.00. The molecule has 0 aromatic heterocycles. The van der Waals surface area contributed by atoms with Crippen molar-refractivity contribution in [3.63, 3.8) is 0 Å². The van der Waals surface area contributed by atoms with E-state index < -0.39 is 0 Å². The summed E-state index contributed by atoms with van der Waals surface area (Å²) in [6.07, 6.45) is 4.45.